The van der Waals surface area contributed by atoms with Crippen molar-refractivity contribution in [1.29, 1.82) is 0 Å². The molecule has 8 heteroatoms. The molecule has 3 rings (SSSR count). The van der Waals surface area contributed by atoms with Crippen LogP contribution in [0.2, 0.25) is 0 Å². The highest BCUT2D eigenvalue weighted by Gasteiger charge is 2.78. The molecule has 0 aromatic carbocycles. The SMILES string of the molecule is C=CCN(C(=O)C1N(CCCCO)C(=O)[C@@H]2[C@@H](C(=O)O)[C@@]3(C)CCC12O3)C(C)C. The van der Waals surface area contributed by atoms with Gasteiger partial charge in [-0.2, -0.15) is 0 Å². The summed E-state index contributed by atoms with van der Waals surface area (Å²) in [6.07, 6.45) is 3.67. The highest BCUT2D eigenvalue weighted by molar-refractivity contribution is 5.98. The molecular weight excluding hydrogens is 376 g/mol. The molecule has 29 heavy (non-hydrogen) atoms. The van der Waals surface area contributed by atoms with Crippen molar-refractivity contribution in [3.05, 3.63) is 12.7 Å². The first kappa shape index (κ1) is 21.8. The number of amides is 2. The normalized spacial score (nSPS) is 35.3. The maximum atomic E-state index is 13.7. The molecule has 3 heterocycles. The molecule has 0 radical (unpaired) electrons. The van der Waals surface area contributed by atoms with Crippen LogP contribution in [0.3, 0.4) is 0 Å². The minimum atomic E-state index is -1.11. The number of rotatable bonds is 9. The van der Waals surface area contributed by atoms with Gasteiger partial charge in [0.15, 0.2) is 0 Å². The summed E-state index contributed by atoms with van der Waals surface area (Å²) in [6.45, 7) is 9.91. The molecule has 1 spiro atoms. The molecule has 2 unspecified atom stereocenters. The number of aliphatic carboxylic acids is 1. The molecule has 2 bridgehead atoms. The monoisotopic (exact) mass is 408 g/mol. The molecule has 0 aromatic rings. The van der Waals surface area contributed by atoms with Crippen molar-refractivity contribution in [2.24, 2.45) is 11.8 Å². The van der Waals surface area contributed by atoms with Gasteiger partial charge in [0.05, 0.1) is 17.4 Å². The van der Waals surface area contributed by atoms with Gasteiger partial charge in [-0.25, -0.2) is 0 Å². The standard InChI is InChI=1S/C21H32N2O6/c1-5-10-22(13(2)3)18(26)16-21-9-8-20(4,29-21)15(19(27)28)14(21)17(25)23(16)11-6-7-12-24/h5,13-16,24H,1,6-12H2,2-4H3,(H,27,28)/t14-,15-,16?,20+,21?/m0/s1. The quantitative estimate of drug-likeness (QED) is 0.436. The number of carbonyl (C=O) groups is 3. The lowest BCUT2D eigenvalue weighted by atomic mass is 9.66. The van der Waals surface area contributed by atoms with E-state index in [0.717, 1.165) is 0 Å². The highest BCUT2D eigenvalue weighted by Crippen LogP contribution is 2.63. The molecule has 3 aliphatic heterocycles. The maximum Gasteiger partial charge on any atom is 0.310 e. The van der Waals surface area contributed by atoms with Crippen molar-refractivity contribution in [2.45, 2.75) is 69.7 Å². The summed E-state index contributed by atoms with van der Waals surface area (Å²) < 4.78 is 6.33. The summed E-state index contributed by atoms with van der Waals surface area (Å²) in [4.78, 5) is 42.4. The van der Waals surface area contributed by atoms with Crippen LogP contribution in [0.5, 0.6) is 0 Å². The Kier molecular flexibility index (Phi) is 5.80. The van der Waals surface area contributed by atoms with E-state index in [4.69, 9.17) is 9.84 Å². The van der Waals surface area contributed by atoms with E-state index in [-0.39, 0.29) is 24.5 Å². The molecule has 3 fully saturated rings. The Bertz CT molecular complexity index is 709. The fourth-order valence-corrected chi connectivity index (χ4v) is 5.57. The van der Waals surface area contributed by atoms with Gasteiger partial charge in [0.1, 0.15) is 11.6 Å². The molecule has 2 amide bonds. The van der Waals surface area contributed by atoms with E-state index in [0.29, 0.717) is 38.8 Å². The summed E-state index contributed by atoms with van der Waals surface area (Å²) in [5, 5.41) is 19.0. The van der Waals surface area contributed by atoms with Crippen LogP contribution in [-0.4, -0.2) is 80.8 Å². The second-order valence-electron chi connectivity index (χ2n) is 8.90. The Hall–Kier alpha value is -1.93. The smallest absolute Gasteiger partial charge is 0.310 e. The number of carbonyl (C=O) groups excluding carboxylic acids is 2. The van der Waals surface area contributed by atoms with Crippen molar-refractivity contribution in [3.8, 4) is 0 Å². The Balaban J connectivity index is 2.04. The summed E-state index contributed by atoms with van der Waals surface area (Å²) in [6, 6.07) is -0.956. The van der Waals surface area contributed by atoms with Gasteiger partial charge in [-0.05, 0) is 46.5 Å². The predicted molar refractivity (Wildman–Crippen MR) is 105 cm³/mol. The number of likely N-dealkylation sites (tertiary alicyclic amines) is 1. The zero-order chi connectivity index (χ0) is 21.6. The van der Waals surface area contributed by atoms with E-state index < -0.39 is 35.0 Å². The topological polar surface area (TPSA) is 107 Å². The molecule has 2 N–H and O–H groups in total. The average molecular weight is 408 g/mol. The zero-order valence-corrected chi connectivity index (χ0v) is 17.5. The van der Waals surface area contributed by atoms with E-state index in [1.165, 1.54) is 4.90 Å². The number of fused-ring (bicyclic) bond motifs is 1. The third kappa shape index (κ3) is 3.17. The van der Waals surface area contributed by atoms with Crippen LogP contribution in [0.1, 0.15) is 46.5 Å². The number of carboxylic acid groups (broad SMARTS) is 1. The number of hydrogen-bond donors (Lipinski definition) is 2. The van der Waals surface area contributed by atoms with Crippen LogP contribution < -0.4 is 0 Å². The number of hydrogen-bond acceptors (Lipinski definition) is 5. The Morgan fingerprint density at radius 3 is 2.62 bits per heavy atom. The molecule has 162 valence electrons. The maximum absolute atomic E-state index is 13.7. The first-order valence-electron chi connectivity index (χ1n) is 10.4. The number of ether oxygens (including phenoxy) is 1. The van der Waals surface area contributed by atoms with Gasteiger partial charge in [0.2, 0.25) is 11.8 Å². The number of aliphatic hydroxyl groups is 1. The van der Waals surface area contributed by atoms with Crippen LogP contribution in [0.15, 0.2) is 12.7 Å². The lowest BCUT2D eigenvalue weighted by Crippen LogP contribution is -2.57. The minimum Gasteiger partial charge on any atom is -0.481 e. The molecule has 0 aliphatic carbocycles. The van der Waals surface area contributed by atoms with Crippen LogP contribution >= 0.6 is 0 Å². The number of unbranched alkanes of at least 4 members (excludes halogenated alkanes) is 1. The first-order chi connectivity index (χ1) is 13.6. The second-order valence-corrected chi connectivity index (χ2v) is 8.90. The van der Waals surface area contributed by atoms with Gasteiger partial charge in [-0.3, -0.25) is 14.4 Å². The van der Waals surface area contributed by atoms with Crippen molar-refractivity contribution < 1.29 is 29.3 Å². The Morgan fingerprint density at radius 1 is 1.38 bits per heavy atom. The highest BCUT2D eigenvalue weighted by atomic mass is 16.5. The van der Waals surface area contributed by atoms with Gasteiger partial charge in [0, 0.05) is 25.7 Å². The van der Waals surface area contributed by atoms with E-state index >= 15 is 0 Å². The number of carboxylic acids is 1. The van der Waals surface area contributed by atoms with E-state index in [1.807, 2.05) is 13.8 Å². The van der Waals surface area contributed by atoms with Gasteiger partial charge >= 0.3 is 5.97 Å². The van der Waals surface area contributed by atoms with Crippen molar-refractivity contribution in [1.82, 2.24) is 9.80 Å². The van der Waals surface area contributed by atoms with Crippen molar-refractivity contribution in [2.75, 3.05) is 19.7 Å². The second kappa shape index (κ2) is 7.72. The fourth-order valence-electron chi connectivity index (χ4n) is 5.57. The summed E-state index contributed by atoms with van der Waals surface area (Å²) in [5.74, 6) is -3.43. The summed E-state index contributed by atoms with van der Waals surface area (Å²) in [7, 11) is 0. The first-order valence-corrected chi connectivity index (χ1v) is 10.4. The van der Waals surface area contributed by atoms with Gasteiger partial charge in [-0.1, -0.05) is 6.08 Å². The third-order valence-corrected chi connectivity index (χ3v) is 6.82. The largest absolute Gasteiger partial charge is 0.481 e. The lowest BCUT2D eigenvalue weighted by Gasteiger charge is -2.38. The fraction of sp³-hybridized carbons (Fsp3) is 0.762. The lowest BCUT2D eigenvalue weighted by molar-refractivity contribution is -0.156. The Labute approximate surface area is 171 Å². The molecular formula is C21H32N2O6. The van der Waals surface area contributed by atoms with E-state index in [2.05, 4.69) is 6.58 Å². The summed E-state index contributed by atoms with van der Waals surface area (Å²) in [5.41, 5.74) is -2.05. The van der Waals surface area contributed by atoms with Gasteiger partial charge in [0.25, 0.3) is 0 Å². The van der Waals surface area contributed by atoms with Crippen molar-refractivity contribution in [3.63, 3.8) is 0 Å². The minimum absolute atomic E-state index is 0.00385. The van der Waals surface area contributed by atoms with Gasteiger partial charge < -0.3 is 24.7 Å². The molecule has 3 saturated heterocycles. The third-order valence-electron chi connectivity index (χ3n) is 6.82. The molecule has 0 aromatic heterocycles. The van der Waals surface area contributed by atoms with E-state index in [1.54, 1.807) is 17.9 Å². The molecule has 0 saturated carbocycles. The molecule has 5 atom stereocenters. The predicted octanol–water partition coefficient (Wildman–Crippen LogP) is 1.03. The summed E-state index contributed by atoms with van der Waals surface area (Å²) >= 11 is 0. The van der Waals surface area contributed by atoms with Crippen molar-refractivity contribution >= 4 is 17.8 Å². The average Bonchev–Trinajstić information content (AvgIpc) is 3.20. The molecule has 8 nitrogen and oxygen atoms in total. The van der Waals surface area contributed by atoms with Gasteiger partial charge in [-0.15, -0.1) is 6.58 Å². The molecule has 3 aliphatic rings. The zero-order valence-electron chi connectivity index (χ0n) is 17.5. The van der Waals surface area contributed by atoms with Crippen LogP contribution in [0.25, 0.3) is 0 Å². The Morgan fingerprint density at radius 2 is 2.07 bits per heavy atom. The van der Waals surface area contributed by atoms with Crippen LogP contribution in [-0.2, 0) is 19.1 Å². The number of aliphatic hydroxyl groups excluding tert-OH is 1. The van der Waals surface area contributed by atoms with Crippen LogP contribution in [0.4, 0.5) is 0 Å². The number of nitrogens with zero attached hydrogens (tertiary/aromatic N) is 2. The van der Waals surface area contributed by atoms with E-state index in [9.17, 15) is 19.5 Å². The van der Waals surface area contributed by atoms with Crippen LogP contribution in [0, 0.1) is 11.8 Å².